The van der Waals surface area contributed by atoms with Gasteiger partial charge >= 0.3 is 0 Å². The molecule has 120 valence electrons. The number of imidazole rings is 1. The number of thiazole rings is 1. The molecule has 22 heavy (non-hydrogen) atoms. The maximum atomic E-state index is 12.0. The number of amides is 1. The maximum absolute atomic E-state index is 12.0. The zero-order valence-corrected chi connectivity index (χ0v) is 13.5. The average molecular weight is 323 g/mol. The lowest BCUT2D eigenvalue weighted by Crippen LogP contribution is -2.46. The van der Waals surface area contributed by atoms with Gasteiger partial charge in [0.15, 0.2) is 4.96 Å². The monoisotopic (exact) mass is 323 g/mol. The van der Waals surface area contributed by atoms with Crippen molar-refractivity contribution in [3.63, 3.8) is 0 Å². The van der Waals surface area contributed by atoms with Crippen molar-refractivity contribution >= 4 is 22.2 Å². The second-order valence-corrected chi connectivity index (χ2v) is 6.71. The molecule has 2 aromatic rings. The fourth-order valence-electron chi connectivity index (χ4n) is 2.64. The average Bonchev–Trinajstić information content (AvgIpc) is 3.03. The van der Waals surface area contributed by atoms with E-state index in [-0.39, 0.29) is 5.91 Å². The number of hydrogen-bond acceptors (Lipinski definition) is 5. The topological polar surface area (TPSA) is 75.9 Å². The summed E-state index contributed by atoms with van der Waals surface area (Å²) in [6.07, 6.45) is 4.22. The summed E-state index contributed by atoms with van der Waals surface area (Å²) < 4.78 is 7.27. The Balaban J connectivity index is 1.49. The van der Waals surface area contributed by atoms with Crippen LogP contribution in [-0.2, 0) is 16.0 Å². The van der Waals surface area contributed by atoms with Crippen LogP contribution < -0.4 is 5.32 Å². The van der Waals surface area contributed by atoms with Crippen molar-refractivity contribution in [1.82, 2.24) is 14.7 Å². The third-order valence-corrected chi connectivity index (χ3v) is 4.94. The molecule has 0 aromatic carbocycles. The van der Waals surface area contributed by atoms with E-state index in [0.717, 1.165) is 16.3 Å². The molecule has 0 radical (unpaired) electrons. The SMILES string of the molecule is Cc1cn2c(CCC(=O)NCC3(O)CCOCC3)csc2n1. The van der Waals surface area contributed by atoms with Crippen molar-refractivity contribution in [2.45, 2.75) is 38.2 Å². The maximum Gasteiger partial charge on any atom is 0.220 e. The van der Waals surface area contributed by atoms with Gasteiger partial charge in [-0.2, -0.15) is 0 Å². The Hall–Kier alpha value is -1.44. The minimum absolute atomic E-state index is 0.0314. The summed E-state index contributed by atoms with van der Waals surface area (Å²) in [5.41, 5.74) is 1.27. The summed E-state index contributed by atoms with van der Waals surface area (Å²) in [4.78, 5) is 17.4. The Bertz CT molecular complexity index is 658. The van der Waals surface area contributed by atoms with Crippen LogP contribution in [0.1, 0.15) is 30.7 Å². The number of ether oxygens (including phenoxy) is 1. The molecule has 0 bridgehead atoms. The third kappa shape index (κ3) is 3.48. The van der Waals surface area contributed by atoms with Crippen LogP contribution in [0.15, 0.2) is 11.6 Å². The van der Waals surface area contributed by atoms with Crippen molar-refractivity contribution in [3.05, 3.63) is 23.0 Å². The summed E-state index contributed by atoms with van der Waals surface area (Å²) in [5, 5.41) is 15.2. The molecule has 1 aliphatic heterocycles. The molecule has 7 heteroatoms. The lowest BCUT2D eigenvalue weighted by atomic mass is 9.94. The Labute approximate surface area is 133 Å². The van der Waals surface area contributed by atoms with E-state index in [9.17, 15) is 9.90 Å². The molecule has 6 nitrogen and oxygen atoms in total. The van der Waals surface area contributed by atoms with Crippen molar-refractivity contribution in [2.75, 3.05) is 19.8 Å². The highest BCUT2D eigenvalue weighted by Gasteiger charge is 2.29. The van der Waals surface area contributed by atoms with E-state index in [2.05, 4.69) is 10.3 Å². The Morgan fingerprint density at radius 2 is 2.32 bits per heavy atom. The zero-order chi connectivity index (χ0) is 15.6. The van der Waals surface area contributed by atoms with Crippen molar-refractivity contribution in [1.29, 1.82) is 0 Å². The van der Waals surface area contributed by atoms with Gasteiger partial charge in [-0.15, -0.1) is 11.3 Å². The fraction of sp³-hybridized carbons (Fsp3) is 0.600. The number of fused-ring (bicyclic) bond motifs is 1. The number of aryl methyl sites for hydroxylation is 2. The lowest BCUT2D eigenvalue weighted by Gasteiger charge is -2.32. The van der Waals surface area contributed by atoms with Crippen LogP contribution in [0.3, 0.4) is 0 Å². The van der Waals surface area contributed by atoms with Gasteiger partial charge < -0.3 is 15.2 Å². The van der Waals surface area contributed by atoms with Gasteiger partial charge in [-0.1, -0.05) is 0 Å². The molecule has 0 unspecified atom stereocenters. The molecule has 0 aliphatic carbocycles. The second kappa shape index (κ2) is 6.36. The quantitative estimate of drug-likeness (QED) is 0.869. The summed E-state index contributed by atoms with van der Waals surface area (Å²) >= 11 is 1.59. The predicted molar refractivity (Wildman–Crippen MR) is 84.1 cm³/mol. The highest BCUT2D eigenvalue weighted by atomic mass is 32.1. The predicted octanol–water partition coefficient (Wildman–Crippen LogP) is 1.29. The minimum atomic E-state index is -0.814. The van der Waals surface area contributed by atoms with Gasteiger partial charge in [0.2, 0.25) is 5.91 Å². The van der Waals surface area contributed by atoms with Crippen molar-refractivity contribution < 1.29 is 14.6 Å². The van der Waals surface area contributed by atoms with Crippen molar-refractivity contribution in [3.8, 4) is 0 Å². The number of rotatable bonds is 5. The van der Waals surface area contributed by atoms with E-state index in [1.165, 1.54) is 0 Å². The van der Waals surface area contributed by atoms with E-state index in [1.807, 2.05) is 22.9 Å². The summed E-state index contributed by atoms with van der Waals surface area (Å²) in [7, 11) is 0. The second-order valence-electron chi connectivity index (χ2n) is 5.88. The number of aromatic nitrogens is 2. The first-order valence-corrected chi connectivity index (χ1v) is 8.43. The summed E-state index contributed by atoms with van der Waals surface area (Å²) in [5.74, 6) is -0.0314. The van der Waals surface area contributed by atoms with Crippen LogP contribution in [0, 0.1) is 6.92 Å². The highest BCUT2D eigenvalue weighted by Crippen LogP contribution is 2.20. The summed E-state index contributed by atoms with van der Waals surface area (Å²) in [6.45, 7) is 3.38. The molecule has 0 atom stereocenters. The van der Waals surface area contributed by atoms with Crippen molar-refractivity contribution in [2.24, 2.45) is 0 Å². The van der Waals surface area contributed by atoms with E-state index in [4.69, 9.17) is 4.74 Å². The molecule has 3 heterocycles. The van der Waals surface area contributed by atoms with Crippen LogP contribution in [0.4, 0.5) is 0 Å². The van der Waals surface area contributed by atoms with Gasteiger partial charge in [0.05, 0.1) is 11.3 Å². The highest BCUT2D eigenvalue weighted by molar-refractivity contribution is 7.15. The normalized spacial score (nSPS) is 17.7. The lowest BCUT2D eigenvalue weighted by molar-refractivity contribution is -0.123. The molecule has 1 amide bonds. The molecular weight excluding hydrogens is 302 g/mol. The van der Waals surface area contributed by atoms with Gasteiger partial charge in [0, 0.05) is 56.3 Å². The molecule has 2 N–H and O–H groups in total. The Morgan fingerprint density at radius 1 is 1.55 bits per heavy atom. The molecule has 3 rings (SSSR count). The van der Waals surface area contributed by atoms with Crippen LogP contribution in [0.2, 0.25) is 0 Å². The number of carbonyl (C=O) groups excluding carboxylic acids is 1. The molecule has 0 spiro atoms. The Morgan fingerprint density at radius 3 is 3.09 bits per heavy atom. The smallest absolute Gasteiger partial charge is 0.220 e. The van der Waals surface area contributed by atoms with Gasteiger partial charge in [-0.3, -0.25) is 9.20 Å². The molecule has 1 saturated heterocycles. The molecule has 1 aliphatic rings. The van der Waals surface area contributed by atoms with Gasteiger partial charge in [0.1, 0.15) is 0 Å². The minimum Gasteiger partial charge on any atom is -0.388 e. The van der Waals surface area contributed by atoms with E-state index in [0.29, 0.717) is 45.4 Å². The van der Waals surface area contributed by atoms with E-state index >= 15 is 0 Å². The number of nitrogens with zero attached hydrogens (tertiary/aromatic N) is 2. The van der Waals surface area contributed by atoms with Gasteiger partial charge in [-0.05, 0) is 13.3 Å². The fourth-order valence-corrected chi connectivity index (χ4v) is 3.60. The van der Waals surface area contributed by atoms with Gasteiger partial charge in [-0.25, -0.2) is 4.98 Å². The zero-order valence-electron chi connectivity index (χ0n) is 12.7. The molecule has 2 aromatic heterocycles. The van der Waals surface area contributed by atoms with Gasteiger partial charge in [0.25, 0.3) is 0 Å². The number of nitrogens with one attached hydrogen (secondary N) is 1. The first-order valence-electron chi connectivity index (χ1n) is 7.55. The number of aliphatic hydroxyl groups is 1. The molecule has 1 fully saturated rings. The number of carbonyl (C=O) groups is 1. The van der Waals surface area contributed by atoms with Crippen LogP contribution in [0.25, 0.3) is 4.96 Å². The van der Waals surface area contributed by atoms with E-state index in [1.54, 1.807) is 11.3 Å². The molecule has 0 saturated carbocycles. The largest absolute Gasteiger partial charge is 0.388 e. The first kappa shape index (κ1) is 15.5. The third-order valence-electron chi connectivity index (χ3n) is 4.05. The van der Waals surface area contributed by atoms with Crippen LogP contribution in [0.5, 0.6) is 0 Å². The Kier molecular flexibility index (Phi) is 4.46. The first-order chi connectivity index (χ1) is 10.6. The van der Waals surface area contributed by atoms with Crippen LogP contribution >= 0.6 is 11.3 Å². The standard InChI is InChI=1S/C15H21N3O3S/c1-11-8-18-12(9-22-14(18)17-11)2-3-13(19)16-10-15(20)4-6-21-7-5-15/h8-9,20H,2-7,10H2,1H3,(H,16,19). The van der Waals surface area contributed by atoms with Crippen LogP contribution in [-0.4, -0.2) is 45.8 Å². The summed E-state index contributed by atoms with van der Waals surface area (Å²) in [6, 6.07) is 0. The molecular formula is C15H21N3O3S. The van der Waals surface area contributed by atoms with E-state index < -0.39 is 5.60 Å². The number of hydrogen-bond donors (Lipinski definition) is 2.